The summed E-state index contributed by atoms with van der Waals surface area (Å²) < 4.78 is 1.04. The second-order valence-corrected chi connectivity index (χ2v) is 9.51. The van der Waals surface area contributed by atoms with E-state index in [0.717, 1.165) is 26.0 Å². The molecule has 5 aromatic rings. The maximum atomic E-state index is 13.0. The Kier molecular flexibility index (Phi) is 6.00. The highest BCUT2D eigenvalue weighted by molar-refractivity contribution is 7.80. The molecule has 0 saturated heterocycles. The highest BCUT2D eigenvalue weighted by Gasteiger charge is 2.18. The average Bonchev–Trinajstić information content (AvgIpc) is 3.24. The molecule has 8 heteroatoms. The Labute approximate surface area is 209 Å². The van der Waals surface area contributed by atoms with Crippen molar-refractivity contribution in [3.05, 3.63) is 94.5 Å². The molecular formula is C25H15Cl2N3OS2. The van der Waals surface area contributed by atoms with Crippen LogP contribution in [0.2, 0.25) is 10.0 Å². The third-order valence-electron chi connectivity index (χ3n) is 5.08. The number of amides is 1. The number of thiocarbonyl (C=S) groups is 1. The maximum absolute atomic E-state index is 13.0. The van der Waals surface area contributed by atoms with Crippen molar-refractivity contribution in [1.82, 2.24) is 10.3 Å². The molecule has 0 aliphatic carbocycles. The van der Waals surface area contributed by atoms with Gasteiger partial charge in [-0.25, -0.2) is 4.98 Å². The number of nitrogens with one attached hydrogen (secondary N) is 2. The van der Waals surface area contributed by atoms with Gasteiger partial charge in [0.25, 0.3) is 5.91 Å². The molecule has 0 aliphatic rings. The van der Waals surface area contributed by atoms with Crippen LogP contribution in [0, 0.1) is 0 Å². The lowest BCUT2D eigenvalue weighted by Crippen LogP contribution is -2.34. The molecule has 0 spiro atoms. The van der Waals surface area contributed by atoms with Crippen molar-refractivity contribution in [1.29, 1.82) is 0 Å². The van der Waals surface area contributed by atoms with Crippen LogP contribution in [0.3, 0.4) is 0 Å². The molecule has 1 heterocycles. The number of anilines is 1. The first-order valence-electron chi connectivity index (χ1n) is 9.95. The lowest BCUT2D eigenvalue weighted by atomic mass is 10.0. The van der Waals surface area contributed by atoms with Crippen LogP contribution in [0.15, 0.2) is 78.9 Å². The van der Waals surface area contributed by atoms with Crippen molar-refractivity contribution in [2.75, 3.05) is 5.32 Å². The zero-order valence-electron chi connectivity index (χ0n) is 16.9. The van der Waals surface area contributed by atoms with Gasteiger partial charge in [-0.1, -0.05) is 71.7 Å². The summed E-state index contributed by atoms with van der Waals surface area (Å²) in [5.41, 5.74) is 2.65. The summed E-state index contributed by atoms with van der Waals surface area (Å²) in [5.74, 6) is -0.309. The molecule has 4 aromatic carbocycles. The van der Waals surface area contributed by atoms with Crippen molar-refractivity contribution in [2.45, 2.75) is 0 Å². The maximum Gasteiger partial charge on any atom is 0.258 e. The van der Waals surface area contributed by atoms with E-state index in [9.17, 15) is 4.79 Å². The molecule has 0 aliphatic heterocycles. The Morgan fingerprint density at radius 1 is 0.939 bits per heavy atom. The monoisotopic (exact) mass is 507 g/mol. The number of rotatable bonds is 3. The third-order valence-corrected chi connectivity index (χ3v) is 6.87. The van der Waals surface area contributed by atoms with E-state index in [1.54, 1.807) is 18.2 Å². The van der Waals surface area contributed by atoms with Gasteiger partial charge in [0, 0.05) is 16.1 Å². The zero-order chi connectivity index (χ0) is 22.9. The number of thiazole rings is 1. The highest BCUT2D eigenvalue weighted by atomic mass is 35.5. The first-order valence-corrected chi connectivity index (χ1v) is 11.9. The fraction of sp³-hybridized carbons (Fsp3) is 0. The number of nitrogens with zero attached hydrogens (tertiary/aromatic N) is 1. The Morgan fingerprint density at radius 2 is 1.70 bits per heavy atom. The largest absolute Gasteiger partial charge is 0.331 e. The van der Waals surface area contributed by atoms with Crippen molar-refractivity contribution >= 4 is 84.5 Å². The van der Waals surface area contributed by atoms with Gasteiger partial charge < -0.3 is 5.32 Å². The van der Waals surface area contributed by atoms with E-state index < -0.39 is 0 Å². The second-order valence-electron chi connectivity index (χ2n) is 7.23. The molecule has 0 bridgehead atoms. The van der Waals surface area contributed by atoms with E-state index in [0.29, 0.717) is 26.9 Å². The molecule has 0 fully saturated rings. The molecule has 1 amide bonds. The number of fused-ring (bicyclic) bond motifs is 2. The number of hydrogen-bond donors (Lipinski definition) is 2. The molecular weight excluding hydrogens is 493 g/mol. The number of carbonyl (C=O) groups excluding carboxylic acids is 1. The van der Waals surface area contributed by atoms with Crippen molar-refractivity contribution < 1.29 is 4.79 Å². The molecule has 0 unspecified atom stereocenters. The minimum atomic E-state index is -0.309. The summed E-state index contributed by atoms with van der Waals surface area (Å²) in [6.07, 6.45) is 0. The Hall–Kier alpha value is -3.03. The van der Waals surface area contributed by atoms with Crippen LogP contribution in [0.5, 0.6) is 0 Å². The Balaban J connectivity index is 1.45. The third kappa shape index (κ3) is 4.43. The fourth-order valence-corrected chi connectivity index (χ4v) is 5.32. The molecule has 0 radical (unpaired) electrons. The van der Waals surface area contributed by atoms with Crippen LogP contribution in [-0.2, 0) is 0 Å². The predicted octanol–water partition coefficient (Wildman–Crippen LogP) is 7.55. The lowest BCUT2D eigenvalue weighted by molar-refractivity contribution is 0.0979. The molecule has 1 aromatic heterocycles. The second kappa shape index (κ2) is 9.08. The van der Waals surface area contributed by atoms with Crippen molar-refractivity contribution in [3.63, 3.8) is 0 Å². The lowest BCUT2D eigenvalue weighted by Gasteiger charge is -2.15. The van der Waals surface area contributed by atoms with Gasteiger partial charge in [0.15, 0.2) is 5.11 Å². The van der Waals surface area contributed by atoms with Gasteiger partial charge in [0.2, 0.25) is 0 Å². The summed E-state index contributed by atoms with van der Waals surface area (Å²) >= 11 is 19.8. The van der Waals surface area contributed by atoms with Crippen molar-refractivity contribution in [2.24, 2.45) is 0 Å². The molecule has 2 N–H and O–H groups in total. The number of para-hydroxylation sites is 1. The first kappa shape index (κ1) is 21.8. The van der Waals surface area contributed by atoms with Gasteiger partial charge in [-0.3, -0.25) is 10.1 Å². The van der Waals surface area contributed by atoms with Gasteiger partial charge >= 0.3 is 0 Å². The molecule has 162 valence electrons. The minimum Gasteiger partial charge on any atom is -0.331 e. The van der Waals surface area contributed by atoms with Gasteiger partial charge in [-0.05, 0) is 53.3 Å². The van der Waals surface area contributed by atoms with Crippen LogP contribution in [-0.4, -0.2) is 16.0 Å². The predicted molar refractivity (Wildman–Crippen MR) is 143 cm³/mol. The standard InChI is InChI=1S/C25H15Cl2N3OS2/c26-15-12-18(24-28-20-10-3-4-11-21(20)33-24)22(19(27)13-15)29-25(32)30-23(31)17-9-5-7-14-6-1-2-8-16(14)17/h1-13H,(H2,29,30,31,32). The number of carbonyl (C=O) groups is 1. The molecule has 0 atom stereocenters. The number of aromatic nitrogens is 1. The fourth-order valence-electron chi connectivity index (χ4n) is 3.60. The molecule has 4 nitrogen and oxygen atoms in total. The molecule has 33 heavy (non-hydrogen) atoms. The summed E-state index contributed by atoms with van der Waals surface area (Å²) in [4.78, 5) is 17.7. The average molecular weight is 508 g/mol. The minimum absolute atomic E-state index is 0.125. The van der Waals surface area contributed by atoms with Crippen molar-refractivity contribution in [3.8, 4) is 10.6 Å². The van der Waals surface area contributed by atoms with Gasteiger partial charge in [0.1, 0.15) is 5.01 Å². The molecule has 5 rings (SSSR count). The quantitative estimate of drug-likeness (QED) is 0.247. The van der Waals surface area contributed by atoms with E-state index in [1.807, 2.05) is 60.7 Å². The van der Waals surface area contributed by atoms with Crippen LogP contribution < -0.4 is 10.6 Å². The SMILES string of the molecule is O=C(NC(=S)Nc1c(Cl)cc(Cl)cc1-c1nc2ccccc2s1)c1cccc2ccccc12. The van der Waals surface area contributed by atoms with E-state index in [-0.39, 0.29) is 11.0 Å². The van der Waals surface area contributed by atoms with E-state index >= 15 is 0 Å². The zero-order valence-corrected chi connectivity index (χ0v) is 20.1. The summed E-state index contributed by atoms with van der Waals surface area (Å²) in [5, 5.41) is 9.37. The summed E-state index contributed by atoms with van der Waals surface area (Å²) in [6, 6.07) is 24.5. The molecule has 0 saturated carbocycles. The summed E-state index contributed by atoms with van der Waals surface area (Å²) in [7, 11) is 0. The Morgan fingerprint density at radius 3 is 2.55 bits per heavy atom. The van der Waals surface area contributed by atoms with Crippen LogP contribution in [0.1, 0.15) is 10.4 Å². The van der Waals surface area contributed by atoms with Crippen LogP contribution >= 0.6 is 46.8 Å². The van der Waals surface area contributed by atoms with Gasteiger partial charge in [0.05, 0.1) is 20.9 Å². The Bertz CT molecular complexity index is 1510. The first-order chi connectivity index (χ1) is 16.0. The number of benzene rings is 4. The van der Waals surface area contributed by atoms with E-state index in [2.05, 4.69) is 10.6 Å². The smallest absolute Gasteiger partial charge is 0.258 e. The highest BCUT2D eigenvalue weighted by Crippen LogP contribution is 2.40. The summed E-state index contributed by atoms with van der Waals surface area (Å²) in [6.45, 7) is 0. The van der Waals surface area contributed by atoms with E-state index in [1.165, 1.54) is 11.3 Å². The van der Waals surface area contributed by atoms with Gasteiger partial charge in [-0.2, -0.15) is 0 Å². The normalized spacial score (nSPS) is 11.0. The topological polar surface area (TPSA) is 54.0 Å². The number of hydrogen-bond acceptors (Lipinski definition) is 4. The van der Waals surface area contributed by atoms with Gasteiger partial charge in [-0.15, -0.1) is 11.3 Å². The number of halogens is 2. The van der Waals surface area contributed by atoms with Crippen LogP contribution in [0.25, 0.3) is 31.6 Å². The van der Waals surface area contributed by atoms with E-state index in [4.69, 9.17) is 40.4 Å². The van der Waals surface area contributed by atoms with Crippen LogP contribution in [0.4, 0.5) is 5.69 Å².